The van der Waals surface area contributed by atoms with Gasteiger partial charge < -0.3 is 19.4 Å². The molecule has 0 aliphatic heterocycles. The monoisotopic (exact) mass is 378 g/mol. The maximum Gasteiger partial charge on any atom is 0.348 e. The van der Waals surface area contributed by atoms with Crippen molar-refractivity contribution in [1.82, 2.24) is 4.57 Å². The van der Waals surface area contributed by atoms with Crippen molar-refractivity contribution in [3.05, 3.63) is 40.0 Å². The van der Waals surface area contributed by atoms with Crippen LogP contribution in [-0.4, -0.2) is 42.9 Å². The fourth-order valence-electron chi connectivity index (χ4n) is 2.39. The maximum absolute atomic E-state index is 12.3. The van der Waals surface area contributed by atoms with Crippen molar-refractivity contribution in [2.75, 3.05) is 19.5 Å². The summed E-state index contributed by atoms with van der Waals surface area (Å²) in [4.78, 5) is 47.2. The molecule has 26 heavy (non-hydrogen) atoms. The van der Waals surface area contributed by atoms with Crippen LogP contribution in [0.1, 0.15) is 42.5 Å². The van der Waals surface area contributed by atoms with Gasteiger partial charge in [0.05, 0.1) is 25.5 Å². The van der Waals surface area contributed by atoms with E-state index >= 15 is 0 Å². The lowest BCUT2D eigenvalue weighted by Gasteiger charge is -2.07. The number of carbonyl (C=O) groups excluding carboxylic acids is 4. The minimum Gasteiger partial charge on any atom is -0.465 e. The molecule has 0 bridgehead atoms. The number of aldehydes is 1. The molecule has 8 nitrogen and oxygen atoms in total. The summed E-state index contributed by atoms with van der Waals surface area (Å²) < 4.78 is 11.1. The zero-order valence-corrected chi connectivity index (χ0v) is 15.3. The fraction of sp³-hybridized carbons (Fsp3) is 0.294. The van der Waals surface area contributed by atoms with Crippen LogP contribution in [0.5, 0.6) is 0 Å². The van der Waals surface area contributed by atoms with E-state index in [0.717, 1.165) is 11.3 Å². The summed E-state index contributed by atoms with van der Waals surface area (Å²) in [6, 6.07) is 3.35. The highest BCUT2D eigenvalue weighted by Gasteiger charge is 2.26. The Bertz CT molecular complexity index is 852. The molecule has 0 spiro atoms. The third-order valence-electron chi connectivity index (χ3n) is 3.73. The molecular weight excluding hydrogens is 360 g/mol. The summed E-state index contributed by atoms with van der Waals surface area (Å²) in [5.74, 6) is -1.61. The fourth-order valence-corrected chi connectivity index (χ4v) is 3.52. The molecule has 0 saturated carbocycles. The molecule has 2 rings (SSSR count). The summed E-state index contributed by atoms with van der Waals surface area (Å²) >= 11 is 0.952. The summed E-state index contributed by atoms with van der Waals surface area (Å²) in [5.41, 5.74) is 0.978. The second-order valence-corrected chi connectivity index (χ2v) is 6.31. The van der Waals surface area contributed by atoms with Crippen LogP contribution in [0.3, 0.4) is 0 Å². The molecule has 0 aliphatic rings. The predicted octanol–water partition coefficient (Wildman–Crippen LogP) is 2.27. The highest BCUT2D eigenvalue weighted by Crippen LogP contribution is 2.34. The van der Waals surface area contributed by atoms with E-state index in [1.165, 1.54) is 14.2 Å². The number of nitrogens with one attached hydrogen (secondary N) is 1. The summed E-state index contributed by atoms with van der Waals surface area (Å²) in [6.07, 6.45) is 2.49. The van der Waals surface area contributed by atoms with E-state index in [1.54, 1.807) is 29.8 Å². The average molecular weight is 378 g/mol. The lowest BCUT2D eigenvalue weighted by atomic mass is 10.1. The Kier molecular flexibility index (Phi) is 6.29. The minimum atomic E-state index is -0.655. The number of aryl methyl sites for hydroxylation is 1. The number of rotatable bonds is 7. The van der Waals surface area contributed by atoms with Gasteiger partial charge in [0.2, 0.25) is 5.91 Å². The first kappa shape index (κ1) is 19.4. The molecule has 9 heteroatoms. The number of anilines is 1. The molecule has 1 amide bonds. The highest BCUT2D eigenvalue weighted by atomic mass is 32.1. The number of amides is 1. The molecule has 0 radical (unpaired) electrons. The molecular formula is C17H18N2O6S. The lowest BCUT2D eigenvalue weighted by Crippen LogP contribution is -2.16. The summed E-state index contributed by atoms with van der Waals surface area (Å²) in [7, 11) is 2.45. The summed E-state index contributed by atoms with van der Waals surface area (Å²) in [6.45, 7) is 1.88. The minimum absolute atomic E-state index is 0.0840. The molecule has 0 aromatic carbocycles. The van der Waals surface area contributed by atoms with Gasteiger partial charge in [-0.2, -0.15) is 0 Å². The van der Waals surface area contributed by atoms with Crippen molar-refractivity contribution in [3.8, 4) is 0 Å². The molecule has 2 heterocycles. The van der Waals surface area contributed by atoms with Crippen LogP contribution < -0.4 is 5.32 Å². The number of nitrogens with zero attached hydrogens (tertiary/aromatic N) is 1. The van der Waals surface area contributed by atoms with Crippen molar-refractivity contribution in [1.29, 1.82) is 0 Å². The van der Waals surface area contributed by atoms with Crippen LogP contribution in [0.4, 0.5) is 5.00 Å². The van der Waals surface area contributed by atoms with Crippen molar-refractivity contribution in [2.45, 2.75) is 19.9 Å². The molecule has 138 valence electrons. The van der Waals surface area contributed by atoms with E-state index in [4.69, 9.17) is 9.47 Å². The van der Waals surface area contributed by atoms with Gasteiger partial charge in [0, 0.05) is 19.2 Å². The number of thiophene rings is 1. The Morgan fingerprint density at radius 2 is 1.92 bits per heavy atom. The first-order valence-corrected chi connectivity index (χ1v) is 8.44. The molecule has 2 aromatic heterocycles. The van der Waals surface area contributed by atoms with Crippen LogP contribution in [-0.2, 0) is 20.8 Å². The van der Waals surface area contributed by atoms with E-state index < -0.39 is 11.9 Å². The maximum atomic E-state index is 12.3. The third-order valence-corrected chi connectivity index (χ3v) is 4.91. The van der Waals surface area contributed by atoms with Crippen LogP contribution >= 0.6 is 11.3 Å². The second kappa shape index (κ2) is 8.43. The van der Waals surface area contributed by atoms with E-state index in [2.05, 4.69) is 5.32 Å². The number of hydrogen-bond donors (Lipinski definition) is 1. The van der Waals surface area contributed by atoms with Crippen molar-refractivity contribution in [2.24, 2.45) is 0 Å². The van der Waals surface area contributed by atoms with Crippen LogP contribution in [0.25, 0.3) is 0 Å². The molecule has 1 N–H and O–H groups in total. The number of ether oxygens (including phenoxy) is 2. The van der Waals surface area contributed by atoms with Crippen molar-refractivity contribution >= 4 is 40.5 Å². The average Bonchev–Trinajstić information content (AvgIpc) is 3.22. The number of esters is 2. The van der Waals surface area contributed by atoms with E-state index in [9.17, 15) is 19.2 Å². The molecule has 0 saturated heterocycles. The largest absolute Gasteiger partial charge is 0.465 e. The molecule has 0 atom stereocenters. The smallest absolute Gasteiger partial charge is 0.348 e. The first-order valence-electron chi connectivity index (χ1n) is 7.63. The number of aromatic nitrogens is 1. The van der Waals surface area contributed by atoms with Gasteiger partial charge in [0.25, 0.3) is 0 Å². The normalized spacial score (nSPS) is 10.3. The van der Waals surface area contributed by atoms with Gasteiger partial charge in [-0.25, -0.2) is 9.59 Å². The van der Waals surface area contributed by atoms with Gasteiger partial charge >= 0.3 is 11.9 Å². The molecule has 0 unspecified atom stereocenters. The Morgan fingerprint density at radius 3 is 2.54 bits per heavy atom. The third kappa shape index (κ3) is 3.99. The van der Waals surface area contributed by atoms with E-state index in [0.29, 0.717) is 24.1 Å². The first-order chi connectivity index (χ1) is 12.4. The standard InChI is InChI=1S/C17H18N2O6S/c1-10-13(16(22)24-2)15(26-14(10)17(23)25-3)18-12(21)6-8-19-7-4-5-11(19)9-20/h4-5,7,9H,6,8H2,1-3H3,(H,18,21). The number of hydrogen-bond acceptors (Lipinski definition) is 7. The Balaban J connectivity index is 2.19. The second-order valence-electron chi connectivity index (χ2n) is 5.29. The highest BCUT2D eigenvalue weighted by molar-refractivity contribution is 7.18. The zero-order valence-electron chi connectivity index (χ0n) is 14.5. The lowest BCUT2D eigenvalue weighted by molar-refractivity contribution is -0.116. The number of methoxy groups -OCH3 is 2. The van der Waals surface area contributed by atoms with Crippen LogP contribution in [0.2, 0.25) is 0 Å². The van der Waals surface area contributed by atoms with Crippen molar-refractivity contribution in [3.63, 3.8) is 0 Å². The zero-order chi connectivity index (χ0) is 19.3. The van der Waals surface area contributed by atoms with Gasteiger partial charge in [0.15, 0.2) is 6.29 Å². The van der Waals surface area contributed by atoms with E-state index in [1.807, 2.05) is 0 Å². The van der Waals surface area contributed by atoms with Gasteiger partial charge in [-0.3, -0.25) is 9.59 Å². The van der Waals surface area contributed by atoms with Crippen molar-refractivity contribution < 1.29 is 28.7 Å². The van der Waals surface area contributed by atoms with Gasteiger partial charge in [-0.1, -0.05) is 0 Å². The quantitative estimate of drug-likeness (QED) is 0.585. The SMILES string of the molecule is COC(=O)c1sc(NC(=O)CCn2cccc2C=O)c(C(=O)OC)c1C. The molecule has 0 fully saturated rings. The van der Waals surface area contributed by atoms with Crippen LogP contribution in [0, 0.1) is 6.92 Å². The van der Waals surface area contributed by atoms with Crippen LogP contribution in [0.15, 0.2) is 18.3 Å². The number of carbonyl (C=O) groups is 4. The van der Waals surface area contributed by atoms with Gasteiger partial charge in [-0.05, 0) is 24.6 Å². The molecule has 2 aromatic rings. The molecule has 0 aliphatic carbocycles. The van der Waals surface area contributed by atoms with E-state index in [-0.39, 0.29) is 27.8 Å². The Morgan fingerprint density at radius 1 is 1.23 bits per heavy atom. The topological polar surface area (TPSA) is 104 Å². The predicted molar refractivity (Wildman–Crippen MR) is 94.8 cm³/mol. The summed E-state index contributed by atoms with van der Waals surface area (Å²) in [5, 5.41) is 2.86. The Hall–Kier alpha value is -2.94. The Labute approximate surface area is 153 Å². The van der Waals surface area contributed by atoms with Gasteiger partial charge in [0.1, 0.15) is 9.88 Å². The van der Waals surface area contributed by atoms with Gasteiger partial charge in [-0.15, -0.1) is 11.3 Å².